The zero-order chi connectivity index (χ0) is 11.7. The average Bonchev–Trinajstić information content (AvgIpc) is 2.15. The zero-order valence-corrected chi connectivity index (χ0v) is 10.3. The second-order valence-electron chi connectivity index (χ2n) is 4.21. The van der Waals surface area contributed by atoms with E-state index in [1.54, 1.807) is 0 Å². The third kappa shape index (κ3) is 9.69. The molecule has 1 unspecified atom stereocenters. The Morgan fingerprint density at radius 2 is 2.20 bits per heavy atom. The topological polar surface area (TPSA) is 58.4 Å². The summed E-state index contributed by atoms with van der Waals surface area (Å²) in [4.78, 5) is 13.4. The fraction of sp³-hybridized carbons (Fsp3) is 0.909. The molecule has 0 aromatic carbocycles. The molecule has 1 amide bonds. The van der Waals surface area contributed by atoms with Crippen LogP contribution in [0.2, 0.25) is 0 Å². The van der Waals surface area contributed by atoms with E-state index in [0.717, 1.165) is 32.4 Å². The van der Waals surface area contributed by atoms with Gasteiger partial charge in [0.2, 0.25) is 5.91 Å². The molecule has 3 N–H and O–H groups in total. The number of rotatable bonds is 8. The molecule has 90 valence electrons. The molecule has 0 aliphatic carbocycles. The fourth-order valence-corrected chi connectivity index (χ4v) is 1.21. The van der Waals surface area contributed by atoms with Crippen molar-refractivity contribution >= 4 is 5.91 Å². The third-order valence-electron chi connectivity index (χ3n) is 2.23. The van der Waals surface area contributed by atoms with Crippen LogP contribution in [0.25, 0.3) is 0 Å². The first-order valence-electron chi connectivity index (χ1n) is 5.77. The minimum Gasteiger partial charge on any atom is -0.355 e. The summed E-state index contributed by atoms with van der Waals surface area (Å²) in [7, 11) is 1.95. The summed E-state index contributed by atoms with van der Waals surface area (Å²) in [6.45, 7) is 6.22. The Bertz CT molecular complexity index is 171. The molecule has 0 spiro atoms. The van der Waals surface area contributed by atoms with Crippen molar-refractivity contribution < 1.29 is 4.79 Å². The molecular formula is C11H25N3O. The number of likely N-dealkylation sites (N-methyl/N-ethyl adjacent to an activating group) is 1. The third-order valence-corrected chi connectivity index (χ3v) is 2.23. The van der Waals surface area contributed by atoms with Crippen molar-refractivity contribution in [2.45, 2.75) is 39.2 Å². The van der Waals surface area contributed by atoms with Gasteiger partial charge in [-0.2, -0.15) is 0 Å². The number of nitrogens with two attached hydrogens (primary N) is 1. The molecule has 0 aliphatic heterocycles. The summed E-state index contributed by atoms with van der Waals surface area (Å²) in [6.07, 6.45) is 3.09. The summed E-state index contributed by atoms with van der Waals surface area (Å²) >= 11 is 0. The SMILES string of the molecule is CCCCNC(=O)CN(C)CCC(C)N. The molecule has 4 nitrogen and oxygen atoms in total. The minimum absolute atomic E-state index is 0.107. The molecule has 0 aromatic rings. The lowest BCUT2D eigenvalue weighted by molar-refractivity contribution is -0.121. The van der Waals surface area contributed by atoms with Crippen LogP contribution in [0.3, 0.4) is 0 Å². The van der Waals surface area contributed by atoms with E-state index in [9.17, 15) is 4.79 Å². The highest BCUT2D eigenvalue weighted by atomic mass is 16.2. The molecule has 0 saturated carbocycles. The number of amides is 1. The van der Waals surface area contributed by atoms with Crippen molar-refractivity contribution in [1.82, 2.24) is 10.2 Å². The van der Waals surface area contributed by atoms with Crippen molar-refractivity contribution in [3.05, 3.63) is 0 Å². The summed E-state index contributed by atoms with van der Waals surface area (Å²) in [5.74, 6) is 0.107. The van der Waals surface area contributed by atoms with E-state index in [2.05, 4.69) is 12.2 Å². The van der Waals surface area contributed by atoms with Gasteiger partial charge in [-0.1, -0.05) is 13.3 Å². The standard InChI is InChI=1S/C11H25N3O/c1-4-5-7-13-11(15)9-14(3)8-6-10(2)12/h10H,4-9,12H2,1-3H3,(H,13,15). The Morgan fingerprint density at radius 1 is 1.53 bits per heavy atom. The van der Waals surface area contributed by atoms with Crippen molar-refractivity contribution in [3.63, 3.8) is 0 Å². The van der Waals surface area contributed by atoms with Crippen LogP contribution in [-0.2, 0) is 4.79 Å². The summed E-state index contributed by atoms with van der Waals surface area (Å²) in [6, 6.07) is 0.204. The largest absolute Gasteiger partial charge is 0.355 e. The first-order valence-corrected chi connectivity index (χ1v) is 5.77. The highest BCUT2D eigenvalue weighted by molar-refractivity contribution is 5.77. The zero-order valence-electron chi connectivity index (χ0n) is 10.3. The maximum Gasteiger partial charge on any atom is 0.234 e. The molecule has 4 heteroatoms. The fourth-order valence-electron chi connectivity index (χ4n) is 1.21. The Labute approximate surface area is 93.2 Å². The molecule has 0 aromatic heterocycles. The Balaban J connectivity index is 3.49. The molecule has 0 heterocycles. The molecule has 0 fully saturated rings. The Morgan fingerprint density at radius 3 is 2.73 bits per heavy atom. The van der Waals surface area contributed by atoms with E-state index in [0.29, 0.717) is 6.54 Å². The number of unbranched alkanes of at least 4 members (excludes halogenated alkanes) is 1. The van der Waals surface area contributed by atoms with Crippen LogP contribution in [0, 0.1) is 0 Å². The van der Waals surface area contributed by atoms with Gasteiger partial charge < -0.3 is 11.1 Å². The van der Waals surface area contributed by atoms with Gasteiger partial charge in [0.1, 0.15) is 0 Å². The van der Waals surface area contributed by atoms with E-state index in [1.165, 1.54) is 0 Å². The number of carbonyl (C=O) groups is 1. The van der Waals surface area contributed by atoms with E-state index in [-0.39, 0.29) is 11.9 Å². The molecule has 0 saturated heterocycles. The Hall–Kier alpha value is -0.610. The van der Waals surface area contributed by atoms with Crippen LogP contribution in [0.1, 0.15) is 33.1 Å². The van der Waals surface area contributed by atoms with E-state index in [1.807, 2.05) is 18.9 Å². The monoisotopic (exact) mass is 215 g/mol. The number of nitrogens with one attached hydrogen (secondary N) is 1. The maximum absolute atomic E-state index is 11.4. The molecule has 1 atom stereocenters. The molecular weight excluding hydrogens is 190 g/mol. The second kappa shape index (κ2) is 8.68. The van der Waals surface area contributed by atoms with Gasteiger partial charge in [0.15, 0.2) is 0 Å². The molecule has 15 heavy (non-hydrogen) atoms. The van der Waals surface area contributed by atoms with Crippen LogP contribution < -0.4 is 11.1 Å². The van der Waals surface area contributed by atoms with Crippen molar-refractivity contribution in [2.24, 2.45) is 5.73 Å². The van der Waals surface area contributed by atoms with Crippen molar-refractivity contribution in [2.75, 3.05) is 26.7 Å². The number of hydrogen-bond acceptors (Lipinski definition) is 3. The van der Waals surface area contributed by atoms with Crippen molar-refractivity contribution in [3.8, 4) is 0 Å². The van der Waals surface area contributed by atoms with Gasteiger partial charge in [-0.15, -0.1) is 0 Å². The lowest BCUT2D eigenvalue weighted by atomic mass is 10.2. The lowest BCUT2D eigenvalue weighted by Crippen LogP contribution is -2.37. The molecule has 0 radical (unpaired) electrons. The van der Waals surface area contributed by atoms with E-state index < -0.39 is 0 Å². The minimum atomic E-state index is 0.107. The molecule has 0 bridgehead atoms. The lowest BCUT2D eigenvalue weighted by Gasteiger charge is -2.17. The summed E-state index contributed by atoms with van der Waals surface area (Å²) < 4.78 is 0. The van der Waals surface area contributed by atoms with Crippen LogP contribution in [0.5, 0.6) is 0 Å². The average molecular weight is 215 g/mol. The molecule has 0 aliphatic rings. The van der Waals surface area contributed by atoms with Crippen LogP contribution in [-0.4, -0.2) is 43.5 Å². The van der Waals surface area contributed by atoms with Gasteiger partial charge in [-0.05, 0) is 33.4 Å². The smallest absolute Gasteiger partial charge is 0.234 e. The number of carbonyl (C=O) groups excluding carboxylic acids is 1. The molecule has 0 rings (SSSR count). The van der Waals surface area contributed by atoms with E-state index >= 15 is 0 Å². The summed E-state index contributed by atoms with van der Waals surface area (Å²) in [5, 5.41) is 2.89. The van der Waals surface area contributed by atoms with Crippen LogP contribution in [0.4, 0.5) is 0 Å². The van der Waals surface area contributed by atoms with Gasteiger partial charge in [-0.3, -0.25) is 9.69 Å². The summed E-state index contributed by atoms with van der Waals surface area (Å²) in [5.41, 5.74) is 5.64. The van der Waals surface area contributed by atoms with Crippen LogP contribution in [0.15, 0.2) is 0 Å². The van der Waals surface area contributed by atoms with Crippen LogP contribution >= 0.6 is 0 Å². The maximum atomic E-state index is 11.4. The van der Waals surface area contributed by atoms with E-state index in [4.69, 9.17) is 5.73 Å². The highest BCUT2D eigenvalue weighted by Gasteiger charge is 2.06. The predicted molar refractivity (Wildman–Crippen MR) is 63.7 cm³/mol. The van der Waals surface area contributed by atoms with Gasteiger partial charge in [-0.25, -0.2) is 0 Å². The Kier molecular flexibility index (Phi) is 8.33. The number of nitrogens with zero attached hydrogens (tertiary/aromatic N) is 1. The normalized spacial score (nSPS) is 12.9. The second-order valence-corrected chi connectivity index (χ2v) is 4.21. The van der Waals surface area contributed by atoms with Gasteiger partial charge in [0.05, 0.1) is 6.54 Å². The van der Waals surface area contributed by atoms with Gasteiger partial charge in [0.25, 0.3) is 0 Å². The first-order chi connectivity index (χ1) is 7.06. The number of hydrogen-bond donors (Lipinski definition) is 2. The predicted octanol–water partition coefficient (Wildman–Crippen LogP) is 0.572. The highest BCUT2D eigenvalue weighted by Crippen LogP contribution is 1.91. The first kappa shape index (κ1) is 14.4. The quantitative estimate of drug-likeness (QED) is 0.582. The van der Waals surface area contributed by atoms with Gasteiger partial charge >= 0.3 is 0 Å². The van der Waals surface area contributed by atoms with Crippen molar-refractivity contribution in [1.29, 1.82) is 0 Å². The van der Waals surface area contributed by atoms with Gasteiger partial charge in [0, 0.05) is 12.6 Å².